The number of hydrogen-bond acceptors (Lipinski definition) is 5. The molecule has 2 rings (SSSR count). The molecule has 3 N–H and O–H groups in total. The Morgan fingerprint density at radius 3 is 2.95 bits per heavy atom. The quantitative estimate of drug-likeness (QED) is 0.810. The third kappa shape index (κ3) is 2.59. The van der Waals surface area contributed by atoms with Crippen LogP contribution in [0.15, 0.2) is 18.2 Å². The highest BCUT2D eigenvalue weighted by molar-refractivity contribution is 6.02. The van der Waals surface area contributed by atoms with Crippen molar-refractivity contribution in [2.24, 2.45) is 5.73 Å². The van der Waals surface area contributed by atoms with Crippen LogP contribution in [0.3, 0.4) is 0 Å². The minimum Gasteiger partial charge on any atom is -0.489 e. The van der Waals surface area contributed by atoms with Gasteiger partial charge in [-0.25, -0.2) is 4.79 Å². The van der Waals surface area contributed by atoms with Gasteiger partial charge in [0.25, 0.3) is 0 Å². The molecule has 0 fully saturated rings. The van der Waals surface area contributed by atoms with Gasteiger partial charge in [0, 0.05) is 7.11 Å². The van der Waals surface area contributed by atoms with Crippen LogP contribution < -0.4 is 15.4 Å². The summed E-state index contributed by atoms with van der Waals surface area (Å²) >= 11 is 0. The number of benzene rings is 1. The van der Waals surface area contributed by atoms with Crippen molar-refractivity contribution in [2.45, 2.75) is 6.04 Å². The first-order valence-corrected chi connectivity index (χ1v) is 6.11. The van der Waals surface area contributed by atoms with E-state index in [1.54, 1.807) is 12.1 Å². The van der Waals surface area contributed by atoms with Gasteiger partial charge in [0.05, 0.1) is 18.8 Å². The standard InChI is InChI=1S/C13H16N2O5/c1-19-7-9(14)12(16)15-5-6-20-11-8(13(17)18)3-2-4-10(11)15/h2-4,9H,5-7,14H2,1H3,(H,17,18). The zero-order chi connectivity index (χ0) is 14.7. The Labute approximate surface area is 115 Å². The maximum absolute atomic E-state index is 12.2. The van der Waals surface area contributed by atoms with Crippen molar-refractivity contribution in [3.05, 3.63) is 23.8 Å². The number of rotatable bonds is 4. The van der Waals surface area contributed by atoms with Crippen LogP contribution in [0.5, 0.6) is 5.75 Å². The highest BCUT2D eigenvalue weighted by Gasteiger charge is 2.30. The molecule has 0 saturated heterocycles. The predicted octanol–water partition coefficient (Wildman–Crippen LogP) is 0.0839. The maximum Gasteiger partial charge on any atom is 0.339 e. The second-order valence-corrected chi connectivity index (χ2v) is 4.36. The van der Waals surface area contributed by atoms with Crippen molar-refractivity contribution in [2.75, 3.05) is 31.8 Å². The van der Waals surface area contributed by atoms with Gasteiger partial charge in [-0.05, 0) is 12.1 Å². The number of carboxylic acid groups (broad SMARTS) is 1. The maximum atomic E-state index is 12.2. The van der Waals surface area contributed by atoms with E-state index in [9.17, 15) is 9.59 Å². The highest BCUT2D eigenvalue weighted by atomic mass is 16.5. The van der Waals surface area contributed by atoms with Crippen LogP contribution in [0, 0.1) is 0 Å². The fourth-order valence-corrected chi connectivity index (χ4v) is 2.10. The third-order valence-corrected chi connectivity index (χ3v) is 3.01. The van der Waals surface area contributed by atoms with E-state index < -0.39 is 12.0 Å². The van der Waals surface area contributed by atoms with E-state index in [0.717, 1.165) is 0 Å². The van der Waals surface area contributed by atoms with E-state index in [4.69, 9.17) is 20.3 Å². The lowest BCUT2D eigenvalue weighted by Gasteiger charge is -2.31. The number of carbonyl (C=O) groups is 2. The lowest BCUT2D eigenvalue weighted by atomic mass is 10.1. The molecule has 0 bridgehead atoms. The number of carbonyl (C=O) groups excluding carboxylic acids is 1. The number of para-hydroxylation sites is 1. The van der Waals surface area contributed by atoms with Crippen LogP contribution in [0.1, 0.15) is 10.4 Å². The van der Waals surface area contributed by atoms with Gasteiger partial charge in [-0.3, -0.25) is 4.79 Å². The van der Waals surface area contributed by atoms with Gasteiger partial charge in [0.2, 0.25) is 5.91 Å². The first-order chi connectivity index (χ1) is 9.56. The Hall–Kier alpha value is -2.12. The molecule has 1 aliphatic heterocycles. The number of ether oxygens (including phenoxy) is 2. The molecule has 1 aromatic rings. The summed E-state index contributed by atoms with van der Waals surface area (Å²) in [5, 5.41) is 9.13. The number of aromatic carboxylic acids is 1. The molecule has 0 saturated carbocycles. The van der Waals surface area contributed by atoms with Gasteiger partial charge >= 0.3 is 5.97 Å². The van der Waals surface area contributed by atoms with Crippen molar-refractivity contribution in [1.82, 2.24) is 0 Å². The monoisotopic (exact) mass is 280 g/mol. The number of hydrogen-bond donors (Lipinski definition) is 2. The zero-order valence-electron chi connectivity index (χ0n) is 11.0. The third-order valence-electron chi connectivity index (χ3n) is 3.01. The fourth-order valence-electron chi connectivity index (χ4n) is 2.10. The smallest absolute Gasteiger partial charge is 0.339 e. The SMILES string of the molecule is COCC(N)C(=O)N1CCOc2c(C(=O)O)cccc21. The number of anilines is 1. The average molecular weight is 280 g/mol. The van der Waals surface area contributed by atoms with Crippen LogP contribution >= 0.6 is 0 Å². The van der Waals surface area contributed by atoms with Crippen molar-refractivity contribution in [3.63, 3.8) is 0 Å². The van der Waals surface area contributed by atoms with Gasteiger partial charge in [-0.15, -0.1) is 0 Å². The number of carboxylic acids is 1. The molecular weight excluding hydrogens is 264 g/mol. The van der Waals surface area contributed by atoms with E-state index in [2.05, 4.69) is 0 Å². The van der Waals surface area contributed by atoms with E-state index in [1.165, 1.54) is 18.1 Å². The van der Waals surface area contributed by atoms with E-state index in [-0.39, 0.29) is 30.4 Å². The lowest BCUT2D eigenvalue weighted by Crippen LogP contribution is -2.49. The molecule has 1 heterocycles. The minimum absolute atomic E-state index is 0.0281. The normalized spacial score (nSPS) is 15.2. The molecular formula is C13H16N2O5. The summed E-state index contributed by atoms with van der Waals surface area (Å²) in [4.78, 5) is 24.8. The molecule has 0 aliphatic carbocycles. The highest BCUT2D eigenvalue weighted by Crippen LogP contribution is 2.35. The van der Waals surface area contributed by atoms with Crippen LogP contribution in [0.4, 0.5) is 5.69 Å². The van der Waals surface area contributed by atoms with Crippen LogP contribution in [0.25, 0.3) is 0 Å². The van der Waals surface area contributed by atoms with Gasteiger partial charge in [0.1, 0.15) is 18.2 Å². The Morgan fingerprint density at radius 2 is 2.30 bits per heavy atom. The van der Waals surface area contributed by atoms with Crippen molar-refractivity contribution < 1.29 is 24.2 Å². The molecule has 7 nitrogen and oxygen atoms in total. The largest absolute Gasteiger partial charge is 0.489 e. The van der Waals surface area contributed by atoms with Crippen molar-refractivity contribution in [3.8, 4) is 5.75 Å². The fraction of sp³-hybridized carbons (Fsp3) is 0.385. The number of nitrogens with zero attached hydrogens (tertiary/aromatic N) is 1. The van der Waals surface area contributed by atoms with E-state index in [0.29, 0.717) is 12.2 Å². The topological polar surface area (TPSA) is 102 Å². The van der Waals surface area contributed by atoms with Crippen molar-refractivity contribution in [1.29, 1.82) is 0 Å². The summed E-state index contributed by atoms with van der Waals surface area (Å²) in [5.74, 6) is -1.22. The Bertz CT molecular complexity index is 531. The molecule has 20 heavy (non-hydrogen) atoms. The summed E-state index contributed by atoms with van der Waals surface area (Å²) in [6.07, 6.45) is 0. The summed E-state index contributed by atoms with van der Waals surface area (Å²) in [7, 11) is 1.46. The summed E-state index contributed by atoms with van der Waals surface area (Å²) in [6, 6.07) is 3.85. The average Bonchev–Trinajstić information content (AvgIpc) is 2.45. The molecule has 7 heteroatoms. The predicted molar refractivity (Wildman–Crippen MR) is 71.1 cm³/mol. The summed E-state index contributed by atoms with van der Waals surface area (Å²) < 4.78 is 10.3. The van der Waals surface area contributed by atoms with Crippen molar-refractivity contribution >= 4 is 17.6 Å². The summed E-state index contributed by atoms with van der Waals surface area (Å²) in [6.45, 7) is 0.652. The molecule has 1 aromatic carbocycles. The van der Waals surface area contributed by atoms with Gasteiger partial charge in [-0.2, -0.15) is 0 Å². The first kappa shape index (κ1) is 14.3. The number of fused-ring (bicyclic) bond motifs is 1. The molecule has 1 amide bonds. The number of methoxy groups -OCH3 is 1. The molecule has 108 valence electrons. The van der Waals surface area contributed by atoms with Crippen LogP contribution in [-0.2, 0) is 9.53 Å². The first-order valence-electron chi connectivity index (χ1n) is 6.11. The number of amides is 1. The lowest BCUT2D eigenvalue weighted by molar-refractivity contribution is -0.121. The molecule has 1 atom stereocenters. The second kappa shape index (κ2) is 5.89. The zero-order valence-corrected chi connectivity index (χ0v) is 11.0. The van der Waals surface area contributed by atoms with Gasteiger partial charge < -0.3 is 25.2 Å². The van der Waals surface area contributed by atoms with Gasteiger partial charge in [-0.1, -0.05) is 6.07 Å². The van der Waals surface area contributed by atoms with E-state index >= 15 is 0 Å². The molecule has 1 aliphatic rings. The van der Waals surface area contributed by atoms with Crippen LogP contribution in [0.2, 0.25) is 0 Å². The second-order valence-electron chi connectivity index (χ2n) is 4.36. The summed E-state index contributed by atoms with van der Waals surface area (Å²) in [5.41, 5.74) is 6.19. The Kier molecular flexibility index (Phi) is 4.21. The van der Waals surface area contributed by atoms with Gasteiger partial charge in [0.15, 0.2) is 5.75 Å². The number of nitrogens with two attached hydrogens (primary N) is 1. The molecule has 0 aromatic heterocycles. The molecule has 0 spiro atoms. The Balaban J connectivity index is 2.36. The minimum atomic E-state index is -1.10. The molecule has 0 radical (unpaired) electrons. The molecule has 1 unspecified atom stereocenters. The van der Waals surface area contributed by atoms with Crippen LogP contribution in [-0.4, -0.2) is 49.9 Å². The Morgan fingerprint density at radius 1 is 1.55 bits per heavy atom. The van der Waals surface area contributed by atoms with E-state index in [1.807, 2.05) is 0 Å².